The molecule has 12 heavy (non-hydrogen) atoms. The van der Waals surface area contributed by atoms with Crippen LogP contribution in [0, 0.1) is 5.92 Å². The first-order chi connectivity index (χ1) is 5.88. The van der Waals surface area contributed by atoms with E-state index in [-0.39, 0.29) is 0 Å². The summed E-state index contributed by atoms with van der Waals surface area (Å²) in [5, 5.41) is 3.42. The zero-order valence-electron chi connectivity index (χ0n) is 8.05. The molecule has 0 aromatic rings. The van der Waals surface area contributed by atoms with Gasteiger partial charge in [-0.15, -0.1) is 0 Å². The molecule has 2 heteroatoms. The van der Waals surface area contributed by atoms with Gasteiger partial charge in [0.2, 0.25) is 0 Å². The molecule has 1 heterocycles. The first kappa shape index (κ1) is 8.52. The van der Waals surface area contributed by atoms with Crippen LogP contribution in [0.4, 0.5) is 0 Å². The van der Waals surface area contributed by atoms with Crippen molar-refractivity contribution >= 4 is 0 Å². The van der Waals surface area contributed by atoms with E-state index in [0.717, 1.165) is 18.6 Å². The topological polar surface area (TPSA) is 15.3 Å². The van der Waals surface area contributed by atoms with Gasteiger partial charge >= 0.3 is 0 Å². The molecule has 2 aliphatic rings. The van der Waals surface area contributed by atoms with Crippen LogP contribution in [0.2, 0.25) is 0 Å². The number of hydrogen-bond acceptors (Lipinski definition) is 2. The first-order valence-electron chi connectivity index (χ1n) is 5.32. The molecule has 2 fully saturated rings. The highest BCUT2D eigenvalue weighted by molar-refractivity contribution is 4.83. The Kier molecular flexibility index (Phi) is 2.66. The minimum Gasteiger partial charge on any atom is -0.303 e. The van der Waals surface area contributed by atoms with Gasteiger partial charge in [0.05, 0.1) is 0 Å². The number of nitrogens with one attached hydrogen (secondary N) is 1. The van der Waals surface area contributed by atoms with Crippen LogP contribution in [-0.2, 0) is 0 Å². The summed E-state index contributed by atoms with van der Waals surface area (Å²) >= 11 is 0. The lowest BCUT2D eigenvalue weighted by atomic mass is 9.85. The molecule has 0 amide bonds. The summed E-state index contributed by atoms with van der Waals surface area (Å²) in [6, 6.07) is 0.883. The second-order valence-corrected chi connectivity index (χ2v) is 4.30. The van der Waals surface area contributed by atoms with E-state index >= 15 is 0 Å². The van der Waals surface area contributed by atoms with Gasteiger partial charge < -0.3 is 5.32 Å². The standard InChI is InChI=1S/C10H20N2/c1-9-4-2-3-5-10(9)12-7-6-11-8-12/h9-11H,2-8H2,1H3. The summed E-state index contributed by atoms with van der Waals surface area (Å²) in [7, 11) is 0. The van der Waals surface area contributed by atoms with E-state index in [0.29, 0.717) is 0 Å². The van der Waals surface area contributed by atoms with Gasteiger partial charge in [-0.2, -0.15) is 0 Å². The van der Waals surface area contributed by atoms with Gasteiger partial charge in [-0.25, -0.2) is 0 Å². The van der Waals surface area contributed by atoms with Gasteiger partial charge in [-0.3, -0.25) is 4.90 Å². The quantitative estimate of drug-likeness (QED) is 0.637. The molecule has 2 rings (SSSR count). The molecule has 2 atom stereocenters. The van der Waals surface area contributed by atoms with Crippen molar-refractivity contribution in [3.63, 3.8) is 0 Å². The summed E-state index contributed by atoms with van der Waals surface area (Å²) in [6.45, 7) is 6.02. The molecule has 0 aromatic carbocycles. The molecule has 1 saturated carbocycles. The maximum Gasteiger partial charge on any atom is 0.0484 e. The monoisotopic (exact) mass is 168 g/mol. The summed E-state index contributed by atoms with van der Waals surface area (Å²) in [5.41, 5.74) is 0. The Labute approximate surface area is 75.3 Å². The van der Waals surface area contributed by atoms with Crippen molar-refractivity contribution in [2.45, 2.75) is 38.6 Å². The van der Waals surface area contributed by atoms with Gasteiger partial charge in [0.1, 0.15) is 0 Å². The molecule has 2 nitrogen and oxygen atoms in total. The van der Waals surface area contributed by atoms with Crippen LogP contribution in [0.5, 0.6) is 0 Å². The zero-order valence-corrected chi connectivity index (χ0v) is 8.05. The van der Waals surface area contributed by atoms with Crippen LogP contribution < -0.4 is 5.32 Å². The molecule has 1 saturated heterocycles. The number of rotatable bonds is 1. The van der Waals surface area contributed by atoms with Crippen molar-refractivity contribution in [3.8, 4) is 0 Å². The van der Waals surface area contributed by atoms with Crippen molar-refractivity contribution in [1.82, 2.24) is 10.2 Å². The lowest BCUT2D eigenvalue weighted by molar-refractivity contribution is 0.137. The van der Waals surface area contributed by atoms with Gasteiger partial charge in [-0.1, -0.05) is 19.8 Å². The Morgan fingerprint density at radius 2 is 2.08 bits per heavy atom. The van der Waals surface area contributed by atoms with Gasteiger partial charge in [0.15, 0.2) is 0 Å². The van der Waals surface area contributed by atoms with E-state index in [1.54, 1.807) is 0 Å². The van der Waals surface area contributed by atoms with E-state index < -0.39 is 0 Å². The van der Waals surface area contributed by atoms with Crippen molar-refractivity contribution in [1.29, 1.82) is 0 Å². The Balaban J connectivity index is 1.91. The van der Waals surface area contributed by atoms with Crippen molar-refractivity contribution in [2.75, 3.05) is 19.8 Å². The molecule has 1 N–H and O–H groups in total. The first-order valence-corrected chi connectivity index (χ1v) is 5.32. The van der Waals surface area contributed by atoms with Crippen LogP contribution in [0.1, 0.15) is 32.6 Å². The predicted octanol–water partition coefficient (Wildman–Crippen LogP) is 1.43. The SMILES string of the molecule is CC1CCCCC1N1CCNC1. The third-order valence-corrected chi connectivity index (χ3v) is 3.43. The molecule has 0 spiro atoms. The maximum atomic E-state index is 3.42. The number of nitrogens with zero attached hydrogens (tertiary/aromatic N) is 1. The lowest BCUT2D eigenvalue weighted by Gasteiger charge is -2.35. The highest BCUT2D eigenvalue weighted by Crippen LogP contribution is 2.28. The summed E-state index contributed by atoms with van der Waals surface area (Å²) in [4.78, 5) is 2.63. The number of hydrogen-bond donors (Lipinski definition) is 1. The summed E-state index contributed by atoms with van der Waals surface area (Å²) in [5.74, 6) is 0.929. The Bertz CT molecular complexity index is 141. The molecular formula is C10H20N2. The maximum absolute atomic E-state index is 3.42. The molecule has 0 bridgehead atoms. The van der Waals surface area contributed by atoms with Crippen molar-refractivity contribution < 1.29 is 0 Å². The van der Waals surface area contributed by atoms with Gasteiger partial charge in [-0.05, 0) is 18.8 Å². The average molecular weight is 168 g/mol. The van der Waals surface area contributed by atoms with Gasteiger partial charge in [0, 0.05) is 25.8 Å². The molecule has 1 aliphatic carbocycles. The second-order valence-electron chi connectivity index (χ2n) is 4.30. The fourth-order valence-corrected chi connectivity index (χ4v) is 2.65. The van der Waals surface area contributed by atoms with Crippen LogP contribution in [0.15, 0.2) is 0 Å². The van der Waals surface area contributed by atoms with Crippen LogP contribution in [0.3, 0.4) is 0 Å². The normalized spacial score (nSPS) is 38.8. The minimum atomic E-state index is 0.883. The average Bonchev–Trinajstić information content (AvgIpc) is 2.57. The van der Waals surface area contributed by atoms with E-state index in [1.165, 1.54) is 38.8 Å². The molecule has 70 valence electrons. The minimum absolute atomic E-state index is 0.883. The highest BCUT2D eigenvalue weighted by Gasteiger charge is 2.28. The summed E-state index contributed by atoms with van der Waals surface area (Å²) < 4.78 is 0. The lowest BCUT2D eigenvalue weighted by Crippen LogP contribution is -2.40. The van der Waals surface area contributed by atoms with Crippen molar-refractivity contribution in [3.05, 3.63) is 0 Å². The summed E-state index contributed by atoms with van der Waals surface area (Å²) in [6.07, 6.45) is 5.79. The van der Waals surface area contributed by atoms with E-state index in [2.05, 4.69) is 17.1 Å². The van der Waals surface area contributed by atoms with Crippen LogP contribution >= 0.6 is 0 Å². The third-order valence-electron chi connectivity index (χ3n) is 3.43. The van der Waals surface area contributed by atoms with E-state index in [4.69, 9.17) is 0 Å². The Hall–Kier alpha value is -0.0800. The van der Waals surface area contributed by atoms with E-state index in [9.17, 15) is 0 Å². The van der Waals surface area contributed by atoms with Crippen LogP contribution in [0.25, 0.3) is 0 Å². The van der Waals surface area contributed by atoms with Crippen LogP contribution in [-0.4, -0.2) is 30.7 Å². The van der Waals surface area contributed by atoms with Crippen molar-refractivity contribution in [2.24, 2.45) is 5.92 Å². The molecule has 0 aromatic heterocycles. The third kappa shape index (κ3) is 1.64. The molecule has 0 radical (unpaired) electrons. The fraction of sp³-hybridized carbons (Fsp3) is 1.00. The highest BCUT2D eigenvalue weighted by atomic mass is 15.3. The Morgan fingerprint density at radius 3 is 2.75 bits per heavy atom. The smallest absolute Gasteiger partial charge is 0.0484 e. The van der Waals surface area contributed by atoms with E-state index in [1.807, 2.05) is 0 Å². The fourth-order valence-electron chi connectivity index (χ4n) is 2.65. The predicted molar refractivity (Wildman–Crippen MR) is 51.0 cm³/mol. The molecule has 2 unspecified atom stereocenters. The molecular weight excluding hydrogens is 148 g/mol. The largest absolute Gasteiger partial charge is 0.303 e. The second kappa shape index (κ2) is 3.75. The van der Waals surface area contributed by atoms with Gasteiger partial charge in [0.25, 0.3) is 0 Å². The zero-order chi connectivity index (χ0) is 8.39. The molecule has 1 aliphatic heterocycles. The Morgan fingerprint density at radius 1 is 1.25 bits per heavy atom.